The first-order valence-electron chi connectivity index (χ1n) is 10.2. The van der Waals surface area contributed by atoms with E-state index in [-0.39, 0.29) is 16.8 Å². The van der Waals surface area contributed by atoms with Gasteiger partial charge in [-0.3, -0.25) is 4.79 Å². The minimum Gasteiger partial charge on any atom is -0.488 e. The minimum atomic E-state index is -1.11. The number of anilines is 3. The zero-order chi connectivity index (χ0) is 22.7. The van der Waals surface area contributed by atoms with Crippen LogP contribution in [0.1, 0.15) is 32.1 Å². The molecule has 166 valence electrons. The van der Waals surface area contributed by atoms with Crippen molar-refractivity contribution in [2.75, 3.05) is 10.6 Å². The Morgan fingerprint density at radius 2 is 1.94 bits per heavy atom. The van der Waals surface area contributed by atoms with E-state index in [9.17, 15) is 13.6 Å². The van der Waals surface area contributed by atoms with E-state index in [4.69, 9.17) is 16.3 Å². The van der Waals surface area contributed by atoms with Gasteiger partial charge in [0, 0.05) is 17.1 Å². The Bertz CT molecular complexity index is 1180. The second-order valence-electron chi connectivity index (χ2n) is 7.58. The van der Waals surface area contributed by atoms with E-state index in [1.165, 1.54) is 30.9 Å². The van der Waals surface area contributed by atoms with E-state index < -0.39 is 17.6 Å². The Kier molecular flexibility index (Phi) is 6.50. The van der Waals surface area contributed by atoms with Gasteiger partial charge in [0.25, 0.3) is 5.91 Å². The summed E-state index contributed by atoms with van der Waals surface area (Å²) in [5.41, 5.74) is 1.35. The lowest BCUT2D eigenvalue weighted by molar-refractivity contribution is -0.114. The van der Waals surface area contributed by atoms with Crippen LogP contribution in [0, 0.1) is 5.82 Å². The zero-order valence-corrected chi connectivity index (χ0v) is 17.9. The van der Waals surface area contributed by atoms with Crippen LogP contribution >= 0.6 is 11.6 Å². The molecule has 0 spiro atoms. The number of hydrogen-bond donors (Lipinski definition) is 2. The van der Waals surface area contributed by atoms with E-state index in [0.29, 0.717) is 28.2 Å². The molecule has 0 atom stereocenters. The average molecular weight is 459 g/mol. The first-order chi connectivity index (χ1) is 15.4. The number of carbonyl (C=O) groups is 1. The van der Waals surface area contributed by atoms with E-state index in [2.05, 4.69) is 27.2 Å². The number of aromatic nitrogens is 2. The highest BCUT2D eigenvalue weighted by Crippen LogP contribution is 2.36. The van der Waals surface area contributed by atoms with Crippen molar-refractivity contribution in [3.63, 3.8) is 0 Å². The highest BCUT2D eigenvalue weighted by atomic mass is 35.5. The van der Waals surface area contributed by atoms with Crippen molar-refractivity contribution in [3.8, 4) is 5.75 Å². The molecule has 2 aromatic carbocycles. The molecule has 6 nitrogen and oxygen atoms in total. The van der Waals surface area contributed by atoms with Crippen molar-refractivity contribution in [2.45, 2.75) is 38.2 Å². The molecule has 1 amide bonds. The standard InChI is InChI=1S/C23H21ClF2N4O2/c1-13(25)23(31)30-20-10-16-19(11-21(20)32-15-5-3-2-4-6-15)27-12-28-22(16)29-14-7-8-18(26)17(24)9-14/h7-12,15H,1-6H2,(H,30,31)(H,27,28,29). The molecule has 0 saturated heterocycles. The van der Waals surface area contributed by atoms with Crippen LogP contribution in [0.5, 0.6) is 5.75 Å². The topological polar surface area (TPSA) is 76.1 Å². The van der Waals surface area contributed by atoms with Crippen LogP contribution in [-0.2, 0) is 4.79 Å². The third-order valence-electron chi connectivity index (χ3n) is 5.26. The summed E-state index contributed by atoms with van der Waals surface area (Å²) in [6.45, 7) is 3.05. The normalized spacial score (nSPS) is 14.2. The van der Waals surface area contributed by atoms with Crippen LogP contribution in [-0.4, -0.2) is 22.0 Å². The van der Waals surface area contributed by atoms with Gasteiger partial charge in [0.05, 0.1) is 22.3 Å². The van der Waals surface area contributed by atoms with Crippen LogP contribution in [0.4, 0.5) is 26.0 Å². The maximum atomic E-state index is 13.5. The summed E-state index contributed by atoms with van der Waals surface area (Å²) in [5, 5.41) is 6.09. The molecule has 0 aliphatic heterocycles. The number of halogens is 3. The second kappa shape index (κ2) is 9.48. The molecule has 1 heterocycles. The van der Waals surface area contributed by atoms with Crippen molar-refractivity contribution in [1.82, 2.24) is 9.97 Å². The van der Waals surface area contributed by atoms with Crippen molar-refractivity contribution in [1.29, 1.82) is 0 Å². The van der Waals surface area contributed by atoms with E-state index in [1.54, 1.807) is 12.1 Å². The molecule has 1 aromatic heterocycles. The van der Waals surface area contributed by atoms with Crippen LogP contribution in [0.25, 0.3) is 10.9 Å². The van der Waals surface area contributed by atoms with Crippen LogP contribution in [0.15, 0.2) is 49.1 Å². The number of hydrogen-bond acceptors (Lipinski definition) is 5. The van der Waals surface area contributed by atoms with Gasteiger partial charge in [0.2, 0.25) is 0 Å². The molecule has 32 heavy (non-hydrogen) atoms. The van der Waals surface area contributed by atoms with Gasteiger partial charge in [0.15, 0.2) is 5.83 Å². The molecule has 1 aliphatic carbocycles. The Labute approximate surface area is 188 Å². The van der Waals surface area contributed by atoms with Crippen LogP contribution in [0.2, 0.25) is 5.02 Å². The molecule has 2 N–H and O–H groups in total. The van der Waals surface area contributed by atoms with Gasteiger partial charge in [-0.1, -0.05) is 24.6 Å². The zero-order valence-electron chi connectivity index (χ0n) is 17.1. The lowest BCUT2D eigenvalue weighted by Crippen LogP contribution is -2.21. The summed E-state index contributed by atoms with van der Waals surface area (Å²) in [4.78, 5) is 20.6. The van der Waals surface area contributed by atoms with Gasteiger partial charge in [-0.2, -0.15) is 0 Å². The SMILES string of the molecule is C=C(F)C(=O)Nc1cc2c(Nc3ccc(F)c(Cl)c3)ncnc2cc1OC1CCCCC1. The van der Waals surface area contributed by atoms with Gasteiger partial charge in [-0.25, -0.2) is 18.7 Å². The fraction of sp³-hybridized carbons (Fsp3) is 0.261. The molecule has 0 unspecified atom stereocenters. The number of benzene rings is 2. The Balaban J connectivity index is 1.73. The number of amides is 1. The van der Waals surface area contributed by atoms with Crippen molar-refractivity contribution < 1.29 is 18.3 Å². The Morgan fingerprint density at radius 3 is 2.66 bits per heavy atom. The summed E-state index contributed by atoms with van der Waals surface area (Å²) in [5.74, 6) is -1.82. The maximum Gasteiger partial charge on any atom is 0.283 e. The second-order valence-corrected chi connectivity index (χ2v) is 7.99. The molecule has 0 radical (unpaired) electrons. The van der Waals surface area contributed by atoms with Crippen LogP contribution < -0.4 is 15.4 Å². The molecular formula is C23H21ClF2N4O2. The van der Waals surface area contributed by atoms with Crippen molar-refractivity contribution in [2.24, 2.45) is 0 Å². The number of rotatable bonds is 6. The molecule has 1 fully saturated rings. The minimum absolute atomic E-state index is 0.00576. The number of ether oxygens (including phenoxy) is 1. The molecule has 9 heteroatoms. The highest BCUT2D eigenvalue weighted by molar-refractivity contribution is 6.31. The van der Waals surface area contributed by atoms with Gasteiger partial charge >= 0.3 is 0 Å². The smallest absolute Gasteiger partial charge is 0.283 e. The summed E-state index contributed by atoms with van der Waals surface area (Å²) in [7, 11) is 0. The van der Waals surface area contributed by atoms with Crippen molar-refractivity contribution >= 4 is 45.6 Å². The fourth-order valence-corrected chi connectivity index (χ4v) is 3.82. The third-order valence-corrected chi connectivity index (χ3v) is 5.55. The highest BCUT2D eigenvalue weighted by Gasteiger charge is 2.20. The number of carbonyl (C=O) groups excluding carboxylic acids is 1. The molecular weight excluding hydrogens is 438 g/mol. The lowest BCUT2D eigenvalue weighted by Gasteiger charge is -2.24. The number of fused-ring (bicyclic) bond motifs is 1. The third kappa shape index (κ3) is 4.96. The van der Waals surface area contributed by atoms with Gasteiger partial charge in [-0.15, -0.1) is 0 Å². The Hall–Kier alpha value is -3.26. The van der Waals surface area contributed by atoms with Crippen molar-refractivity contribution in [3.05, 3.63) is 59.9 Å². The van der Waals surface area contributed by atoms with E-state index in [1.807, 2.05) is 0 Å². The molecule has 0 bridgehead atoms. The quantitative estimate of drug-likeness (QED) is 0.424. The van der Waals surface area contributed by atoms with E-state index in [0.717, 1.165) is 25.7 Å². The fourth-order valence-electron chi connectivity index (χ4n) is 3.64. The molecule has 3 aromatic rings. The molecule has 4 rings (SSSR count). The maximum absolute atomic E-state index is 13.5. The summed E-state index contributed by atoms with van der Waals surface area (Å²) >= 11 is 5.87. The molecule has 1 aliphatic rings. The van der Waals surface area contributed by atoms with Gasteiger partial charge in [0.1, 0.15) is 23.7 Å². The van der Waals surface area contributed by atoms with E-state index >= 15 is 0 Å². The number of nitrogens with one attached hydrogen (secondary N) is 2. The average Bonchev–Trinajstić information content (AvgIpc) is 2.77. The Morgan fingerprint density at radius 1 is 1.16 bits per heavy atom. The van der Waals surface area contributed by atoms with Gasteiger partial charge in [-0.05, 0) is 49.9 Å². The van der Waals surface area contributed by atoms with Gasteiger partial charge < -0.3 is 15.4 Å². The summed E-state index contributed by atoms with van der Waals surface area (Å²) in [6, 6.07) is 7.49. The molecule has 1 saturated carbocycles. The largest absolute Gasteiger partial charge is 0.488 e. The predicted octanol–water partition coefficient (Wildman–Crippen LogP) is 6.30. The summed E-state index contributed by atoms with van der Waals surface area (Å²) < 4.78 is 33.0. The predicted molar refractivity (Wildman–Crippen MR) is 121 cm³/mol. The lowest BCUT2D eigenvalue weighted by atomic mass is 9.98. The van der Waals surface area contributed by atoms with Crippen LogP contribution in [0.3, 0.4) is 0 Å². The number of nitrogens with zero attached hydrogens (tertiary/aromatic N) is 2. The first kappa shape index (κ1) is 22.0. The first-order valence-corrected chi connectivity index (χ1v) is 10.6. The monoisotopic (exact) mass is 458 g/mol. The summed E-state index contributed by atoms with van der Waals surface area (Å²) in [6.07, 6.45) is 6.49.